The molecule has 0 spiro atoms. The van der Waals surface area contributed by atoms with Crippen molar-refractivity contribution in [1.29, 1.82) is 0 Å². The predicted octanol–water partition coefficient (Wildman–Crippen LogP) is 3.75. The molecule has 2 N–H and O–H groups in total. The monoisotopic (exact) mass is 392 g/mol. The lowest BCUT2D eigenvalue weighted by atomic mass is 10.2. The Morgan fingerprint density at radius 1 is 1.30 bits per heavy atom. The highest BCUT2D eigenvalue weighted by atomic mass is 79.9. The number of benzene rings is 2. The van der Waals surface area contributed by atoms with Gasteiger partial charge in [0.15, 0.2) is 0 Å². The number of fused-ring (bicyclic) bond motifs is 1. The molecule has 3 rings (SSSR count). The number of anilines is 2. The lowest BCUT2D eigenvalue weighted by Gasteiger charge is -2.17. The van der Waals surface area contributed by atoms with Crippen LogP contribution in [-0.2, 0) is 4.79 Å². The summed E-state index contributed by atoms with van der Waals surface area (Å²) in [6, 6.07) is 10.6. The van der Waals surface area contributed by atoms with Crippen molar-refractivity contribution in [2.45, 2.75) is 4.90 Å². The first-order chi connectivity index (χ1) is 11.1. The number of carbonyl (C=O) groups excluding carboxylic acids is 2. The summed E-state index contributed by atoms with van der Waals surface area (Å²) in [6.07, 6.45) is 0. The fraction of sp³-hybridized carbons (Fsp3) is 0.125. The number of carbonyl (C=O) groups is 2. The number of nitrogens with one attached hydrogen (secondary N) is 2. The lowest BCUT2D eigenvalue weighted by molar-refractivity contribution is -0.113. The van der Waals surface area contributed by atoms with Gasteiger partial charge in [-0.25, -0.2) is 0 Å². The van der Waals surface area contributed by atoms with Crippen molar-refractivity contribution in [3.63, 3.8) is 0 Å². The number of amides is 2. The van der Waals surface area contributed by atoms with Gasteiger partial charge in [-0.05, 0) is 52.3 Å². The average molecular weight is 393 g/mol. The minimum atomic E-state index is -0.259. The molecule has 0 radical (unpaired) electrons. The summed E-state index contributed by atoms with van der Waals surface area (Å²) >= 11 is 4.84. The second-order valence-electron chi connectivity index (χ2n) is 4.85. The van der Waals surface area contributed by atoms with Crippen molar-refractivity contribution in [2.24, 2.45) is 0 Å². The fourth-order valence-corrected chi connectivity index (χ4v) is 3.38. The van der Waals surface area contributed by atoms with Crippen LogP contribution in [0.4, 0.5) is 11.4 Å². The Balaban J connectivity index is 1.83. The van der Waals surface area contributed by atoms with Crippen LogP contribution in [0.25, 0.3) is 0 Å². The van der Waals surface area contributed by atoms with Gasteiger partial charge in [0, 0.05) is 15.1 Å². The van der Waals surface area contributed by atoms with E-state index in [0.717, 1.165) is 4.90 Å². The Morgan fingerprint density at radius 2 is 2.13 bits per heavy atom. The van der Waals surface area contributed by atoms with Crippen molar-refractivity contribution in [3.05, 3.63) is 46.4 Å². The summed E-state index contributed by atoms with van der Waals surface area (Å²) in [6.45, 7) is 0. The quantitative estimate of drug-likeness (QED) is 0.834. The summed E-state index contributed by atoms with van der Waals surface area (Å²) in [7, 11) is 1.55. The summed E-state index contributed by atoms with van der Waals surface area (Å²) in [5.41, 5.74) is 1.81. The molecule has 0 saturated heterocycles. The van der Waals surface area contributed by atoms with E-state index in [2.05, 4.69) is 26.6 Å². The maximum absolute atomic E-state index is 12.4. The molecule has 0 aliphatic carbocycles. The number of ether oxygens (including phenoxy) is 1. The molecule has 0 aromatic heterocycles. The van der Waals surface area contributed by atoms with Crippen LogP contribution in [0, 0.1) is 0 Å². The standard InChI is InChI=1S/C16H13BrN2O3S/c1-22-10-3-4-12(17)11(7-10)16(21)18-9-2-5-14-13(6-9)19-15(20)8-23-14/h2-7H,8H2,1H3,(H,18,21)(H,19,20). The fourth-order valence-electron chi connectivity index (χ4n) is 2.16. The zero-order valence-corrected chi connectivity index (χ0v) is 14.6. The SMILES string of the molecule is COc1ccc(Br)c(C(=O)Nc2ccc3c(c2)NC(=O)CS3)c1. The van der Waals surface area contributed by atoms with Crippen LogP contribution in [0.1, 0.15) is 10.4 Å². The summed E-state index contributed by atoms with van der Waals surface area (Å²) in [5, 5.41) is 5.63. The Hall–Kier alpha value is -1.99. The van der Waals surface area contributed by atoms with Crippen molar-refractivity contribution in [1.82, 2.24) is 0 Å². The average Bonchev–Trinajstić information content (AvgIpc) is 2.54. The van der Waals surface area contributed by atoms with E-state index in [4.69, 9.17) is 4.74 Å². The number of halogens is 1. The lowest BCUT2D eigenvalue weighted by Crippen LogP contribution is -2.19. The summed E-state index contributed by atoms with van der Waals surface area (Å²) in [5.74, 6) is 0.717. The zero-order valence-electron chi connectivity index (χ0n) is 12.2. The number of hydrogen-bond donors (Lipinski definition) is 2. The molecule has 7 heteroatoms. The van der Waals surface area contributed by atoms with Gasteiger partial charge in [-0.1, -0.05) is 0 Å². The van der Waals surface area contributed by atoms with Gasteiger partial charge >= 0.3 is 0 Å². The van der Waals surface area contributed by atoms with Crippen molar-refractivity contribution in [2.75, 3.05) is 23.5 Å². The molecule has 1 aliphatic heterocycles. The molecule has 0 bridgehead atoms. The number of thioether (sulfide) groups is 1. The van der Waals surface area contributed by atoms with E-state index in [9.17, 15) is 9.59 Å². The van der Waals surface area contributed by atoms with Gasteiger partial charge in [0.25, 0.3) is 5.91 Å². The number of hydrogen-bond acceptors (Lipinski definition) is 4. The molecule has 0 atom stereocenters. The first-order valence-corrected chi connectivity index (χ1v) is 8.56. The molecule has 0 saturated carbocycles. The second kappa shape index (κ2) is 6.64. The molecule has 23 heavy (non-hydrogen) atoms. The van der Waals surface area contributed by atoms with Gasteiger partial charge in [0.1, 0.15) is 5.75 Å². The number of methoxy groups -OCH3 is 1. The molecule has 0 fully saturated rings. The van der Waals surface area contributed by atoms with Gasteiger partial charge in [-0.3, -0.25) is 9.59 Å². The van der Waals surface area contributed by atoms with Crippen LogP contribution in [-0.4, -0.2) is 24.7 Å². The maximum Gasteiger partial charge on any atom is 0.256 e. The molecule has 5 nitrogen and oxygen atoms in total. The van der Waals surface area contributed by atoms with E-state index >= 15 is 0 Å². The maximum atomic E-state index is 12.4. The Kier molecular flexibility index (Phi) is 4.58. The van der Waals surface area contributed by atoms with E-state index in [-0.39, 0.29) is 11.8 Å². The third-order valence-corrected chi connectivity index (χ3v) is 5.05. The Bertz CT molecular complexity index is 795. The second-order valence-corrected chi connectivity index (χ2v) is 6.72. The minimum absolute atomic E-state index is 0.0403. The van der Waals surface area contributed by atoms with Crippen molar-refractivity contribution >= 4 is 50.9 Å². The van der Waals surface area contributed by atoms with Crippen LogP contribution in [0.2, 0.25) is 0 Å². The van der Waals surface area contributed by atoms with E-state index in [0.29, 0.717) is 32.9 Å². The van der Waals surface area contributed by atoms with Crippen molar-refractivity contribution < 1.29 is 14.3 Å². The highest BCUT2D eigenvalue weighted by Crippen LogP contribution is 2.33. The Labute approximate surface area is 145 Å². The van der Waals surface area contributed by atoms with E-state index in [1.165, 1.54) is 11.8 Å². The van der Waals surface area contributed by atoms with E-state index in [1.807, 2.05) is 12.1 Å². The topological polar surface area (TPSA) is 67.4 Å². The normalized spacial score (nSPS) is 13.0. The van der Waals surface area contributed by atoms with Crippen LogP contribution in [0.5, 0.6) is 5.75 Å². The number of rotatable bonds is 3. The van der Waals surface area contributed by atoms with E-state index in [1.54, 1.807) is 31.4 Å². The van der Waals surface area contributed by atoms with Crippen LogP contribution in [0.15, 0.2) is 45.8 Å². The molecule has 1 aliphatic rings. The molecule has 2 aromatic rings. The largest absolute Gasteiger partial charge is 0.497 e. The summed E-state index contributed by atoms with van der Waals surface area (Å²) < 4.78 is 5.82. The first kappa shape index (κ1) is 15.9. The minimum Gasteiger partial charge on any atom is -0.497 e. The third kappa shape index (κ3) is 3.51. The molecule has 2 amide bonds. The first-order valence-electron chi connectivity index (χ1n) is 6.78. The molecule has 0 unspecified atom stereocenters. The summed E-state index contributed by atoms with van der Waals surface area (Å²) in [4.78, 5) is 24.9. The Morgan fingerprint density at radius 3 is 2.91 bits per heavy atom. The highest BCUT2D eigenvalue weighted by Gasteiger charge is 2.17. The third-order valence-electron chi connectivity index (χ3n) is 3.29. The predicted molar refractivity (Wildman–Crippen MR) is 94.4 cm³/mol. The molecule has 2 aromatic carbocycles. The molecule has 1 heterocycles. The van der Waals surface area contributed by atoms with Crippen LogP contribution < -0.4 is 15.4 Å². The smallest absolute Gasteiger partial charge is 0.256 e. The van der Waals surface area contributed by atoms with Gasteiger partial charge in [0.05, 0.1) is 24.1 Å². The van der Waals surface area contributed by atoms with Gasteiger partial charge in [-0.2, -0.15) is 0 Å². The van der Waals surface area contributed by atoms with Crippen LogP contribution >= 0.6 is 27.7 Å². The zero-order chi connectivity index (χ0) is 16.4. The van der Waals surface area contributed by atoms with Gasteiger partial charge in [-0.15, -0.1) is 11.8 Å². The van der Waals surface area contributed by atoms with Gasteiger partial charge in [0.2, 0.25) is 5.91 Å². The van der Waals surface area contributed by atoms with Gasteiger partial charge < -0.3 is 15.4 Å². The molecule has 118 valence electrons. The molecular formula is C16H13BrN2O3S. The molecular weight excluding hydrogens is 380 g/mol. The highest BCUT2D eigenvalue weighted by molar-refractivity contribution is 9.10. The van der Waals surface area contributed by atoms with E-state index < -0.39 is 0 Å². The van der Waals surface area contributed by atoms with Crippen molar-refractivity contribution in [3.8, 4) is 5.75 Å². The van der Waals surface area contributed by atoms with Crippen LogP contribution in [0.3, 0.4) is 0 Å².